The summed E-state index contributed by atoms with van der Waals surface area (Å²) in [5.74, 6) is 0.00270. The summed E-state index contributed by atoms with van der Waals surface area (Å²) < 4.78 is 5.97. The van der Waals surface area contributed by atoms with E-state index in [1.807, 2.05) is 54.6 Å². The average Bonchev–Trinajstić information content (AvgIpc) is 2.84. The topological polar surface area (TPSA) is 59.4 Å². The fraction of sp³-hybridized carbons (Fsp3) is 0.200. The second-order valence-electron chi connectivity index (χ2n) is 8.98. The molecule has 178 valence electrons. The summed E-state index contributed by atoms with van der Waals surface area (Å²) in [6.45, 7) is 4.31. The van der Waals surface area contributed by atoms with Crippen LogP contribution in [-0.4, -0.2) is 16.1 Å². The summed E-state index contributed by atoms with van der Waals surface area (Å²) in [4.78, 5) is 16.9. The van der Waals surface area contributed by atoms with Crippen molar-refractivity contribution in [2.45, 2.75) is 33.3 Å². The van der Waals surface area contributed by atoms with Crippen molar-refractivity contribution in [3.63, 3.8) is 0 Å². The minimum absolute atomic E-state index is 0.0751. The van der Waals surface area contributed by atoms with Crippen molar-refractivity contribution in [2.24, 2.45) is 5.92 Å². The third-order valence-corrected chi connectivity index (χ3v) is 5.97. The van der Waals surface area contributed by atoms with Crippen molar-refractivity contribution in [3.05, 3.63) is 118 Å². The monoisotopic (exact) mass is 485 g/mol. The molecule has 4 nitrogen and oxygen atoms in total. The van der Waals surface area contributed by atoms with E-state index in [0.29, 0.717) is 22.4 Å². The largest absolute Gasteiger partial charge is 0.487 e. The molecule has 0 unspecified atom stereocenters. The predicted molar refractivity (Wildman–Crippen MR) is 140 cm³/mol. The molecule has 0 radical (unpaired) electrons. The maximum Gasteiger partial charge on any atom is 0.337 e. The van der Waals surface area contributed by atoms with Crippen LogP contribution in [0, 0.1) is 5.92 Å². The highest BCUT2D eigenvalue weighted by atomic mass is 35.5. The van der Waals surface area contributed by atoms with E-state index in [1.165, 1.54) is 11.1 Å². The molecule has 5 heteroatoms. The van der Waals surface area contributed by atoms with E-state index < -0.39 is 5.97 Å². The number of hydrogen-bond donors (Lipinski definition) is 1. The molecule has 4 aromatic rings. The Morgan fingerprint density at radius 3 is 2.20 bits per heavy atom. The van der Waals surface area contributed by atoms with E-state index in [9.17, 15) is 9.90 Å². The summed E-state index contributed by atoms with van der Waals surface area (Å²) in [5, 5.41) is 10.5. The van der Waals surface area contributed by atoms with Crippen LogP contribution in [0.1, 0.15) is 46.7 Å². The second kappa shape index (κ2) is 11.2. The van der Waals surface area contributed by atoms with Gasteiger partial charge in [0.15, 0.2) is 0 Å². The fourth-order valence-corrected chi connectivity index (χ4v) is 4.12. The number of aromatic nitrogens is 1. The summed E-state index contributed by atoms with van der Waals surface area (Å²) in [5.41, 5.74) is 5.53. The van der Waals surface area contributed by atoms with Gasteiger partial charge in [-0.25, -0.2) is 4.79 Å². The van der Waals surface area contributed by atoms with Crippen LogP contribution < -0.4 is 4.74 Å². The third-order valence-electron chi connectivity index (χ3n) is 5.72. The summed E-state index contributed by atoms with van der Waals surface area (Å²) in [6, 6.07) is 27.3. The van der Waals surface area contributed by atoms with Crippen molar-refractivity contribution in [2.75, 3.05) is 0 Å². The Morgan fingerprint density at radius 1 is 0.914 bits per heavy atom. The molecule has 0 saturated heterocycles. The van der Waals surface area contributed by atoms with Crippen LogP contribution >= 0.6 is 11.6 Å². The number of ether oxygens (including phenoxy) is 1. The first-order valence-electron chi connectivity index (χ1n) is 11.7. The van der Waals surface area contributed by atoms with Crippen LogP contribution in [0.5, 0.6) is 5.75 Å². The Morgan fingerprint density at radius 2 is 1.57 bits per heavy atom. The van der Waals surface area contributed by atoms with Crippen LogP contribution in [0.15, 0.2) is 84.9 Å². The van der Waals surface area contributed by atoms with Gasteiger partial charge in [0.1, 0.15) is 12.4 Å². The number of rotatable bonds is 9. The number of benzene rings is 3. The molecular formula is C30H28ClNO3. The molecule has 0 atom stereocenters. The van der Waals surface area contributed by atoms with Gasteiger partial charge in [-0.2, -0.15) is 0 Å². The standard InChI is InChI=1S/C30H28ClNO3/c1-20(2)16-28-26(23-10-12-24(31)13-11-23)18-27(30(33)34)29(32-28)19-35-25-14-8-22(9-15-25)17-21-6-4-3-5-7-21/h3-15,18,20H,16-17,19H2,1-2H3,(H,33,34). The molecule has 3 aromatic carbocycles. The predicted octanol–water partition coefficient (Wildman–Crippen LogP) is 7.47. The molecule has 1 aromatic heterocycles. The Labute approximate surface area is 211 Å². The zero-order valence-corrected chi connectivity index (χ0v) is 20.6. The number of halogens is 1. The van der Waals surface area contributed by atoms with Crippen molar-refractivity contribution in [1.82, 2.24) is 4.98 Å². The van der Waals surface area contributed by atoms with Crippen molar-refractivity contribution in [3.8, 4) is 16.9 Å². The van der Waals surface area contributed by atoms with Gasteiger partial charge in [0.2, 0.25) is 0 Å². The maximum absolute atomic E-state index is 12.1. The van der Waals surface area contributed by atoms with Gasteiger partial charge in [-0.15, -0.1) is 0 Å². The second-order valence-corrected chi connectivity index (χ2v) is 9.42. The number of pyridine rings is 1. The fourth-order valence-electron chi connectivity index (χ4n) is 4.00. The molecule has 0 aliphatic rings. The highest BCUT2D eigenvalue weighted by molar-refractivity contribution is 6.30. The van der Waals surface area contributed by atoms with Crippen LogP contribution in [0.3, 0.4) is 0 Å². The Balaban J connectivity index is 1.57. The van der Waals surface area contributed by atoms with E-state index in [-0.39, 0.29) is 12.2 Å². The van der Waals surface area contributed by atoms with Crippen molar-refractivity contribution < 1.29 is 14.6 Å². The minimum atomic E-state index is -1.03. The molecule has 0 aliphatic carbocycles. The number of nitrogens with zero attached hydrogens (tertiary/aromatic N) is 1. The zero-order chi connectivity index (χ0) is 24.8. The number of carboxylic acids is 1. The number of carboxylic acid groups (broad SMARTS) is 1. The van der Waals surface area contributed by atoms with Crippen molar-refractivity contribution >= 4 is 17.6 Å². The Kier molecular flexibility index (Phi) is 7.84. The number of carbonyl (C=O) groups is 1. The van der Waals surface area contributed by atoms with Gasteiger partial charge < -0.3 is 9.84 Å². The van der Waals surface area contributed by atoms with E-state index in [4.69, 9.17) is 21.3 Å². The molecule has 0 amide bonds. The van der Waals surface area contributed by atoms with Gasteiger partial charge in [-0.1, -0.05) is 80.0 Å². The lowest BCUT2D eigenvalue weighted by molar-refractivity contribution is 0.0693. The molecule has 0 saturated carbocycles. The van der Waals surface area contributed by atoms with Crippen LogP contribution in [0.25, 0.3) is 11.1 Å². The summed E-state index contributed by atoms with van der Waals surface area (Å²) in [7, 11) is 0. The lowest BCUT2D eigenvalue weighted by atomic mass is 9.95. The van der Waals surface area contributed by atoms with E-state index in [1.54, 1.807) is 18.2 Å². The molecule has 1 heterocycles. The highest BCUT2D eigenvalue weighted by Crippen LogP contribution is 2.29. The third kappa shape index (κ3) is 6.49. The molecule has 0 aliphatic heterocycles. The van der Waals surface area contributed by atoms with Gasteiger partial charge in [-0.05, 0) is 65.8 Å². The van der Waals surface area contributed by atoms with E-state index >= 15 is 0 Å². The Bertz CT molecular complexity index is 1280. The first kappa shape index (κ1) is 24.5. The zero-order valence-electron chi connectivity index (χ0n) is 19.9. The molecule has 0 fully saturated rings. The number of aromatic carboxylic acids is 1. The minimum Gasteiger partial charge on any atom is -0.487 e. The molecule has 0 spiro atoms. The quantitative estimate of drug-likeness (QED) is 0.267. The van der Waals surface area contributed by atoms with Crippen molar-refractivity contribution in [1.29, 1.82) is 0 Å². The summed E-state index contributed by atoms with van der Waals surface area (Å²) >= 11 is 6.05. The van der Waals surface area contributed by atoms with E-state index in [2.05, 4.69) is 26.0 Å². The highest BCUT2D eigenvalue weighted by Gasteiger charge is 2.19. The smallest absolute Gasteiger partial charge is 0.337 e. The molecule has 35 heavy (non-hydrogen) atoms. The van der Waals surface area contributed by atoms with Gasteiger partial charge in [0.25, 0.3) is 0 Å². The Hall–Kier alpha value is -3.63. The van der Waals surface area contributed by atoms with E-state index in [0.717, 1.165) is 29.7 Å². The lowest BCUT2D eigenvalue weighted by Gasteiger charge is -2.16. The lowest BCUT2D eigenvalue weighted by Crippen LogP contribution is -2.12. The van der Waals surface area contributed by atoms with Crippen LogP contribution in [0.2, 0.25) is 5.02 Å². The van der Waals surface area contributed by atoms with Gasteiger partial charge in [0, 0.05) is 16.3 Å². The van der Waals surface area contributed by atoms with Crippen LogP contribution in [0.4, 0.5) is 0 Å². The molecule has 0 bridgehead atoms. The molecule has 1 N–H and O–H groups in total. The van der Waals surface area contributed by atoms with Gasteiger partial charge in [-0.3, -0.25) is 4.98 Å². The van der Waals surface area contributed by atoms with Gasteiger partial charge >= 0.3 is 5.97 Å². The average molecular weight is 486 g/mol. The maximum atomic E-state index is 12.1. The van der Waals surface area contributed by atoms with Gasteiger partial charge in [0.05, 0.1) is 11.3 Å². The number of hydrogen-bond acceptors (Lipinski definition) is 3. The normalized spacial score (nSPS) is 11.0. The molecular weight excluding hydrogens is 458 g/mol. The van der Waals surface area contributed by atoms with Crippen LogP contribution in [-0.2, 0) is 19.4 Å². The summed E-state index contributed by atoms with van der Waals surface area (Å²) in [6.07, 6.45) is 1.57. The SMILES string of the molecule is CC(C)Cc1nc(COc2ccc(Cc3ccccc3)cc2)c(C(=O)O)cc1-c1ccc(Cl)cc1. The first-order valence-corrected chi connectivity index (χ1v) is 12.0. The first-order chi connectivity index (χ1) is 16.9. The molecule has 4 rings (SSSR count).